The lowest BCUT2D eigenvalue weighted by Gasteiger charge is -2.35. The third-order valence-corrected chi connectivity index (χ3v) is 3.68. The monoisotopic (exact) mass is 308 g/mol. The molecule has 7 heteroatoms. The number of nitrogens with one attached hydrogen (secondary N) is 1. The summed E-state index contributed by atoms with van der Waals surface area (Å²) >= 11 is 5.67. The first-order valence-corrected chi connectivity index (χ1v) is 6.73. The number of benzene rings is 1. The lowest BCUT2D eigenvalue weighted by atomic mass is 9.98. The van der Waals surface area contributed by atoms with E-state index >= 15 is 0 Å². The Morgan fingerprint density at radius 1 is 1.30 bits per heavy atom. The first-order chi connectivity index (χ1) is 9.43. The maximum absolute atomic E-state index is 13.1. The zero-order valence-electron chi connectivity index (χ0n) is 10.8. The highest BCUT2D eigenvalue weighted by atomic mass is 35.5. The van der Waals surface area contributed by atoms with E-state index in [1.54, 1.807) is 0 Å². The molecule has 1 aliphatic rings. The van der Waals surface area contributed by atoms with Crippen LogP contribution in [0.4, 0.5) is 13.2 Å². The van der Waals surface area contributed by atoms with Crippen LogP contribution in [-0.4, -0.2) is 42.8 Å². The Bertz CT molecular complexity index is 461. The van der Waals surface area contributed by atoms with Crippen LogP contribution in [0.3, 0.4) is 0 Å². The zero-order valence-corrected chi connectivity index (χ0v) is 11.5. The van der Waals surface area contributed by atoms with Gasteiger partial charge in [-0.25, -0.2) is 0 Å². The Hall–Kier alpha value is -0.820. The van der Waals surface area contributed by atoms with Gasteiger partial charge in [0.2, 0.25) is 0 Å². The van der Waals surface area contributed by atoms with Crippen LogP contribution in [0.15, 0.2) is 18.2 Å². The van der Waals surface area contributed by atoms with Crippen LogP contribution < -0.4 is 5.32 Å². The van der Waals surface area contributed by atoms with Gasteiger partial charge in [-0.3, -0.25) is 4.90 Å². The number of hydrogen-bond donors (Lipinski definition) is 2. The molecule has 1 atom stereocenters. The smallest absolute Gasteiger partial charge is 0.394 e. The van der Waals surface area contributed by atoms with Gasteiger partial charge in [0.1, 0.15) is 0 Å². The molecule has 0 saturated carbocycles. The average Bonchev–Trinajstić information content (AvgIpc) is 2.41. The Labute approximate surface area is 120 Å². The molecule has 0 aromatic heterocycles. The SMILES string of the molecule is OC[C@@H](c1ccc(Cl)cc1C(F)(F)F)N1CCNCC1. The topological polar surface area (TPSA) is 35.5 Å². The quantitative estimate of drug-likeness (QED) is 0.899. The van der Waals surface area contributed by atoms with E-state index in [1.807, 2.05) is 4.90 Å². The molecular formula is C13H16ClF3N2O. The summed E-state index contributed by atoms with van der Waals surface area (Å²) < 4.78 is 39.4. The van der Waals surface area contributed by atoms with Gasteiger partial charge in [0.25, 0.3) is 0 Å². The average molecular weight is 309 g/mol. The fourth-order valence-corrected chi connectivity index (χ4v) is 2.64. The Kier molecular flexibility index (Phi) is 4.90. The van der Waals surface area contributed by atoms with Gasteiger partial charge < -0.3 is 10.4 Å². The molecule has 1 aromatic carbocycles. The fourth-order valence-electron chi connectivity index (χ4n) is 2.47. The standard InChI is InChI=1S/C13H16ClF3N2O/c14-9-1-2-10(11(7-9)13(15,16)17)12(8-20)19-5-3-18-4-6-19/h1-2,7,12,18,20H,3-6,8H2/t12-/m0/s1. The molecule has 20 heavy (non-hydrogen) atoms. The van der Waals surface area contributed by atoms with Crippen molar-refractivity contribution in [1.29, 1.82) is 0 Å². The number of hydrogen-bond acceptors (Lipinski definition) is 3. The normalized spacial score (nSPS) is 19.1. The molecule has 112 valence electrons. The van der Waals surface area contributed by atoms with Crippen molar-refractivity contribution < 1.29 is 18.3 Å². The number of aliphatic hydroxyl groups is 1. The van der Waals surface area contributed by atoms with E-state index < -0.39 is 17.8 Å². The van der Waals surface area contributed by atoms with Gasteiger partial charge in [-0.15, -0.1) is 0 Å². The molecule has 1 aromatic rings. The zero-order chi connectivity index (χ0) is 14.8. The summed E-state index contributed by atoms with van der Waals surface area (Å²) in [5.74, 6) is 0. The minimum atomic E-state index is -4.48. The van der Waals surface area contributed by atoms with E-state index in [1.165, 1.54) is 12.1 Å². The van der Waals surface area contributed by atoms with Crippen LogP contribution in [0.1, 0.15) is 17.2 Å². The molecule has 0 radical (unpaired) electrons. The molecule has 1 aliphatic heterocycles. The molecule has 0 unspecified atom stereocenters. The highest BCUT2D eigenvalue weighted by molar-refractivity contribution is 6.30. The van der Waals surface area contributed by atoms with E-state index in [0.29, 0.717) is 26.2 Å². The van der Waals surface area contributed by atoms with Gasteiger partial charge in [0.05, 0.1) is 18.2 Å². The van der Waals surface area contributed by atoms with Gasteiger partial charge in [-0.1, -0.05) is 17.7 Å². The second-order valence-electron chi connectivity index (χ2n) is 4.71. The fraction of sp³-hybridized carbons (Fsp3) is 0.538. The molecule has 1 fully saturated rings. The summed E-state index contributed by atoms with van der Waals surface area (Å²) in [5, 5.41) is 12.7. The largest absolute Gasteiger partial charge is 0.416 e. The predicted molar refractivity (Wildman–Crippen MR) is 70.7 cm³/mol. The number of rotatable bonds is 3. The molecule has 2 rings (SSSR count). The van der Waals surface area contributed by atoms with Crippen molar-refractivity contribution in [2.24, 2.45) is 0 Å². The minimum absolute atomic E-state index is 0.0399. The predicted octanol–water partition coefficient (Wildman–Crippen LogP) is 2.30. The molecule has 3 nitrogen and oxygen atoms in total. The van der Waals surface area contributed by atoms with Crippen LogP contribution in [0, 0.1) is 0 Å². The lowest BCUT2D eigenvalue weighted by Crippen LogP contribution is -2.46. The maximum Gasteiger partial charge on any atom is 0.416 e. The van der Waals surface area contributed by atoms with Crippen molar-refractivity contribution in [1.82, 2.24) is 10.2 Å². The Morgan fingerprint density at radius 3 is 2.50 bits per heavy atom. The summed E-state index contributed by atoms with van der Waals surface area (Å²) in [7, 11) is 0. The molecule has 0 bridgehead atoms. The Balaban J connectivity index is 2.38. The van der Waals surface area contributed by atoms with Gasteiger partial charge in [0, 0.05) is 31.2 Å². The summed E-state index contributed by atoms with van der Waals surface area (Å²) in [5.41, 5.74) is -0.700. The molecule has 1 saturated heterocycles. The van der Waals surface area contributed by atoms with E-state index in [0.717, 1.165) is 6.07 Å². The minimum Gasteiger partial charge on any atom is -0.394 e. The third-order valence-electron chi connectivity index (χ3n) is 3.45. The molecule has 0 amide bonds. The summed E-state index contributed by atoms with van der Waals surface area (Å²) in [6, 6.07) is 3.04. The van der Waals surface area contributed by atoms with Gasteiger partial charge in [0.15, 0.2) is 0 Å². The number of halogens is 4. The van der Waals surface area contributed by atoms with Crippen molar-refractivity contribution in [2.45, 2.75) is 12.2 Å². The van der Waals surface area contributed by atoms with E-state index in [-0.39, 0.29) is 17.2 Å². The maximum atomic E-state index is 13.1. The van der Waals surface area contributed by atoms with Crippen molar-refractivity contribution >= 4 is 11.6 Å². The van der Waals surface area contributed by atoms with Gasteiger partial charge in [-0.2, -0.15) is 13.2 Å². The molecule has 0 aliphatic carbocycles. The second-order valence-corrected chi connectivity index (χ2v) is 5.15. The Morgan fingerprint density at radius 2 is 1.95 bits per heavy atom. The van der Waals surface area contributed by atoms with E-state index in [4.69, 9.17) is 11.6 Å². The van der Waals surface area contributed by atoms with Crippen molar-refractivity contribution in [2.75, 3.05) is 32.8 Å². The van der Waals surface area contributed by atoms with Crippen molar-refractivity contribution in [3.8, 4) is 0 Å². The van der Waals surface area contributed by atoms with Gasteiger partial charge >= 0.3 is 6.18 Å². The van der Waals surface area contributed by atoms with Crippen molar-refractivity contribution in [3.05, 3.63) is 34.3 Å². The van der Waals surface area contributed by atoms with Gasteiger partial charge in [-0.05, 0) is 17.7 Å². The highest BCUT2D eigenvalue weighted by Crippen LogP contribution is 2.37. The second kappa shape index (κ2) is 6.30. The molecule has 0 spiro atoms. The lowest BCUT2D eigenvalue weighted by molar-refractivity contribution is -0.139. The first kappa shape index (κ1) is 15.6. The summed E-state index contributed by atoms with van der Waals surface area (Å²) in [6.07, 6.45) is -4.48. The first-order valence-electron chi connectivity index (χ1n) is 6.35. The van der Waals surface area contributed by atoms with E-state index in [2.05, 4.69) is 5.32 Å². The number of aliphatic hydroxyl groups excluding tert-OH is 1. The van der Waals surface area contributed by atoms with Crippen LogP contribution in [-0.2, 0) is 6.18 Å². The molecule has 1 heterocycles. The van der Waals surface area contributed by atoms with Crippen LogP contribution in [0.2, 0.25) is 5.02 Å². The number of piperazine rings is 1. The molecular weight excluding hydrogens is 293 g/mol. The van der Waals surface area contributed by atoms with Crippen LogP contribution >= 0.6 is 11.6 Å². The van der Waals surface area contributed by atoms with Crippen LogP contribution in [0.25, 0.3) is 0 Å². The third kappa shape index (κ3) is 3.44. The highest BCUT2D eigenvalue weighted by Gasteiger charge is 2.36. The molecule has 2 N–H and O–H groups in total. The number of nitrogens with zero attached hydrogens (tertiary/aromatic N) is 1. The van der Waals surface area contributed by atoms with E-state index in [9.17, 15) is 18.3 Å². The van der Waals surface area contributed by atoms with Crippen LogP contribution in [0.5, 0.6) is 0 Å². The number of alkyl halides is 3. The van der Waals surface area contributed by atoms with Crippen molar-refractivity contribution in [3.63, 3.8) is 0 Å². The summed E-state index contributed by atoms with van der Waals surface area (Å²) in [4.78, 5) is 1.86. The summed E-state index contributed by atoms with van der Waals surface area (Å²) in [6.45, 7) is 2.25.